The zero-order valence-corrected chi connectivity index (χ0v) is 17.1. The van der Waals surface area contributed by atoms with Crippen LogP contribution < -0.4 is 0 Å². The predicted octanol–water partition coefficient (Wildman–Crippen LogP) is 2.71. The average Bonchev–Trinajstić information content (AvgIpc) is 2.68. The van der Waals surface area contributed by atoms with Crippen molar-refractivity contribution in [2.45, 2.75) is 22.9 Å². The fourth-order valence-corrected chi connectivity index (χ4v) is 5.82. The van der Waals surface area contributed by atoms with Crippen molar-refractivity contribution in [2.24, 2.45) is 0 Å². The molecule has 158 valence electrons. The average molecular weight is 448 g/mol. The summed E-state index contributed by atoms with van der Waals surface area (Å²) in [6.07, 6.45) is -4.56. The summed E-state index contributed by atoms with van der Waals surface area (Å²) in [6.45, 7) is 1.57. The molecule has 29 heavy (non-hydrogen) atoms. The van der Waals surface area contributed by atoms with Crippen molar-refractivity contribution in [2.75, 3.05) is 26.2 Å². The van der Waals surface area contributed by atoms with Gasteiger partial charge in [0.1, 0.15) is 0 Å². The van der Waals surface area contributed by atoms with Crippen molar-refractivity contribution in [3.8, 4) is 0 Å². The first kappa shape index (κ1) is 21.8. The smallest absolute Gasteiger partial charge is 0.207 e. The van der Waals surface area contributed by atoms with E-state index in [1.54, 1.807) is 12.1 Å². The Kier molecular flexibility index (Phi) is 5.78. The molecule has 0 radical (unpaired) electrons. The first-order chi connectivity index (χ1) is 13.4. The maximum atomic E-state index is 12.7. The summed E-state index contributed by atoms with van der Waals surface area (Å²) in [5.74, 6) is 0. The van der Waals surface area contributed by atoms with Gasteiger partial charge in [0.2, 0.25) is 20.0 Å². The number of sulfonamides is 2. The molecule has 0 aliphatic carbocycles. The molecule has 0 N–H and O–H groups in total. The summed E-state index contributed by atoms with van der Waals surface area (Å²) in [5.41, 5.74) is -0.0261. The predicted molar refractivity (Wildman–Crippen MR) is 100 cm³/mol. The molecule has 0 unspecified atom stereocenters. The molecule has 0 amide bonds. The lowest BCUT2D eigenvalue weighted by Crippen LogP contribution is -2.50. The number of hydrogen-bond donors (Lipinski definition) is 0. The summed E-state index contributed by atoms with van der Waals surface area (Å²) in [4.78, 5) is -0.137. The van der Waals surface area contributed by atoms with Gasteiger partial charge in [0.25, 0.3) is 0 Å². The lowest BCUT2D eigenvalue weighted by Gasteiger charge is -2.33. The molecule has 2 aromatic rings. The minimum absolute atomic E-state index is 0.0456. The Hall–Kier alpha value is -1.95. The summed E-state index contributed by atoms with van der Waals surface area (Å²) < 4.78 is 91.1. The van der Waals surface area contributed by atoms with Crippen LogP contribution in [0.4, 0.5) is 13.2 Å². The Labute approximate surface area is 167 Å². The minimum atomic E-state index is -4.56. The maximum absolute atomic E-state index is 12.7. The van der Waals surface area contributed by atoms with Crippen LogP contribution in [0.5, 0.6) is 0 Å². The molecule has 0 atom stereocenters. The molecule has 11 heteroatoms. The highest BCUT2D eigenvalue weighted by Crippen LogP contribution is 2.30. The van der Waals surface area contributed by atoms with Gasteiger partial charge >= 0.3 is 6.18 Å². The van der Waals surface area contributed by atoms with E-state index in [-0.39, 0.29) is 36.0 Å². The van der Waals surface area contributed by atoms with Gasteiger partial charge in [-0.1, -0.05) is 17.7 Å². The number of alkyl halides is 3. The van der Waals surface area contributed by atoms with Gasteiger partial charge in [-0.2, -0.15) is 21.8 Å². The SMILES string of the molecule is Cc1ccc(S(=O)(=O)N2CCN(S(=O)(=O)c3ccc(C(F)(F)F)cc3)CC2)cc1. The molecule has 0 saturated carbocycles. The fourth-order valence-electron chi connectivity index (χ4n) is 2.97. The number of aryl methyl sites for hydroxylation is 1. The highest BCUT2D eigenvalue weighted by molar-refractivity contribution is 7.89. The van der Waals surface area contributed by atoms with E-state index in [1.807, 2.05) is 6.92 Å². The van der Waals surface area contributed by atoms with E-state index in [0.717, 1.165) is 22.0 Å². The van der Waals surface area contributed by atoms with Crippen LogP contribution in [0.2, 0.25) is 0 Å². The third-order valence-electron chi connectivity index (χ3n) is 4.68. The normalized spacial score (nSPS) is 17.4. The Morgan fingerprint density at radius 3 is 1.38 bits per heavy atom. The molecular formula is C18H19F3N2O4S2. The van der Waals surface area contributed by atoms with Gasteiger partial charge < -0.3 is 0 Å². The number of rotatable bonds is 4. The first-order valence-electron chi connectivity index (χ1n) is 8.66. The second kappa shape index (κ2) is 7.71. The molecule has 1 aliphatic rings. The van der Waals surface area contributed by atoms with Crippen LogP contribution in [0.15, 0.2) is 58.3 Å². The molecule has 1 heterocycles. The third kappa shape index (κ3) is 4.47. The Morgan fingerprint density at radius 1 is 0.690 bits per heavy atom. The van der Waals surface area contributed by atoms with Crippen molar-refractivity contribution in [1.29, 1.82) is 0 Å². The van der Waals surface area contributed by atoms with Gasteiger partial charge in [0, 0.05) is 26.2 Å². The van der Waals surface area contributed by atoms with E-state index in [0.29, 0.717) is 12.1 Å². The van der Waals surface area contributed by atoms with Gasteiger partial charge in [0.05, 0.1) is 15.4 Å². The third-order valence-corrected chi connectivity index (χ3v) is 8.50. The van der Waals surface area contributed by atoms with Crippen molar-refractivity contribution >= 4 is 20.0 Å². The van der Waals surface area contributed by atoms with Crippen LogP contribution >= 0.6 is 0 Å². The minimum Gasteiger partial charge on any atom is -0.207 e. The van der Waals surface area contributed by atoms with E-state index in [4.69, 9.17) is 0 Å². The topological polar surface area (TPSA) is 74.8 Å². The van der Waals surface area contributed by atoms with E-state index in [2.05, 4.69) is 0 Å². The van der Waals surface area contributed by atoms with Gasteiger partial charge in [-0.3, -0.25) is 0 Å². The Balaban J connectivity index is 1.73. The lowest BCUT2D eigenvalue weighted by molar-refractivity contribution is -0.137. The molecule has 1 fully saturated rings. The standard InChI is InChI=1S/C18H19F3N2O4S2/c1-14-2-6-16(7-3-14)28(24,25)22-10-12-23(13-11-22)29(26,27)17-8-4-15(5-9-17)18(19,20)21/h2-9H,10-13H2,1H3. The van der Waals surface area contributed by atoms with Crippen LogP contribution in [-0.2, 0) is 26.2 Å². The lowest BCUT2D eigenvalue weighted by atomic mass is 10.2. The van der Waals surface area contributed by atoms with Crippen LogP contribution in [0.1, 0.15) is 11.1 Å². The molecule has 0 bridgehead atoms. The van der Waals surface area contributed by atoms with Gasteiger partial charge in [0.15, 0.2) is 0 Å². The second-order valence-electron chi connectivity index (χ2n) is 6.64. The monoisotopic (exact) mass is 448 g/mol. The number of benzene rings is 2. The molecule has 1 saturated heterocycles. The number of nitrogens with zero attached hydrogens (tertiary/aromatic N) is 2. The van der Waals surface area contributed by atoms with Crippen molar-refractivity contribution in [3.05, 3.63) is 59.7 Å². The molecule has 3 rings (SSSR count). The quantitative estimate of drug-likeness (QED) is 0.721. The molecule has 2 aromatic carbocycles. The largest absolute Gasteiger partial charge is 0.416 e. The van der Waals surface area contributed by atoms with Gasteiger partial charge in [-0.15, -0.1) is 0 Å². The van der Waals surface area contributed by atoms with E-state index in [9.17, 15) is 30.0 Å². The number of hydrogen-bond acceptors (Lipinski definition) is 4. The summed E-state index contributed by atoms with van der Waals surface area (Å²) in [6, 6.07) is 9.60. The van der Waals surface area contributed by atoms with Crippen molar-refractivity contribution < 1.29 is 30.0 Å². The maximum Gasteiger partial charge on any atom is 0.416 e. The van der Waals surface area contributed by atoms with E-state index < -0.39 is 31.8 Å². The summed E-state index contributed by atoms with van der Waals surface area (Å²) >= 11 is 0. The van der Waals surface area contributed by atoms with Gasteiger partial charge in [-0.05, 0) is 43.3 Å². The Morgan fingerprint density at radius 2 is 1.03 bits per heavy atom. The molecule has 0 spiro atoms. The van der Waals surface area contributed by atoms with Crippen molar-refractivity contribution in [1.82, 2.24) is 8.61 Å². The highest BCUT2D eigenvalue weighted by Gasteiger charge is 2.35. The van der Waals surface area contributed by atoms with Gasteiger partial charge in [-0.25, -0.2) is 16.8 Å². The highest BCUT2D eigenvalue weighted by atomic mass is 32.2. The van der Waals surface area contributed by atoms with E-state index in [1.165, 1.54) is 16.4 Å². The van der Waals surface area contributed by atoms with Crippen molar-refractivity contribution in [3.63, 3.8) is 0 Å². The zero-order chi connectivity index (χ0) is 21.4. The first-order valence-corrected chi connectivity index (χ1v) is 11.5. The Bertz CT molecular complexity index is 1070. The summed E-state index contributed by atoms with van der Waals surface area (Å²) in [5, 5.41) is 0. The fraction of sp³-hybridized carbons (Fsp3) is 0.333. The number of piperazine rings is 1. The molecule has 0 aromatic heterocycles. The molecular weight excluding hydrogens is 429 g/mol. The zero-order valence-electron chi connectivity index (χ0n) is 15.4. The van der Waals surface area contributed by atoms with Crippen LogP contribution in [0.25, 0.3) is 0 Å². The van der Waals surface area contributed by atoms with E-state index >= 15 is 0 Å². The molecule has 6 nitrogen and oxygen atoms in total. The van der Waals surface area contributed by atoms with Crippen LogP contribution in [-0.4, -0.2) is 51.6 Å². The van der Waals surface area contributed by atoms with Crippen LogP contribution in [0.3, 0.4) is 0 Å². The molecule has 1 aliphatic heterocycles. The number of halogens is 3. The second-order valence-corrected chi connectivity index (χ2v) is 10.5. The summed E-state index contributed by atoms with van der Waals surface area (Å²) in [7, 11) is -7.77. The van der Waals surface area contributed by atoms with Crippen LogP contribution in [0, 0.1) is 6.92 Å².